The van der Waals surface area contributed by atoms with Crippen LogP contribution in [0.3, 0.4) is 0 Å². The summed E-state index contributed by atoms with van der Waals surface area (Å²) in [4.78, 5) is 2.85. The Bertz CT molecular complexity index is 160. The van der Waals surface area contributed by atoms with Gasteiger partial charge in [-0.1, -0.05) is 0 Å². The van der Waals surface area contributed by atoms with Gasteiger partial charge in [-0.15, -0.1) is 0 Å². The lowest BCUT2D eigenvalue weighted by molar-refractivity contribution is 0.268. The van der Waals surface area contributed by atoms with Gasteiger partial charge < -0.3 is 15.8 Å². The zero-order valence-electron chi connectivity index (χ0n) is 5.04. The fraction of sp³-hybridized carbons (Fsp3) is 0.333. The number of hydrogen-bond donors (Lipinski definition) is 3. The fourth-order valence-corrected chi connectivity index (χ4v) is 0.673. The lowest BCUT2D eigenvalue weighted by Crippen LogP contribution is -2.13. The van der Waals surface area contributed by atoms with Crippen molar-refractivity contribution in [1.29, 1.82) is 0 Å². The van der Waals surface area contributed by atoms with Gasteiger partial charge >= 0.3 is 0 Å². The third-order valence-electron chi connectivity index (χ3n) is 1.25. The summed E-state index contributed by atoms with van der Waals surface area (Å²) in [6, 6.07) is 1.61. The van der Waals surface area contributed by atoms with Crippen LogP contribution in [0.25, 0.3) is 0 Å². The minimum absolute atomic E-state index is 0.00213. The van der Waals surface area contributed by atoms with Gasteiger partial charge in [-0.05, 0) is 11.6 Å². The van der Waals surface area contributed by atoms with Gasteiger partial charge in [-0.2, -0.15) is 0 Å². The fourth-order valence-electron chi connectivity index (χ4n) is 0.673. The Kier molecular flexibility index (Phi) is 1.87. The van der Waals surface area contributed by atoms with E-state index in [-0.39, 0.29) is 12.6 Å². The molecular formula is C6H10N2O. The third kappa shape index (κ3) is 1.31. The zero-order chi connectivity index (χ0) is 6.69. The van der Waals surface area contributed by atoms with Crippen LogP contribution in [-0.4, -0.2) is 16.7 Å². The molecule has 0 amide bonds. The Balaban J connectivity index is 2.65. The molecule has 3 heteroatoms. The van der Waals surface area contributed by atoms with E-state index in [2.05, 4.69) is 4.98 Å². The smallest absolute Gasteiger partial charge is 0.0624 e. The van der Waals surface area contributed by atoms with Crippen molar-refractivity contribution in [1.82, 2.24) is 4.98 Å². The molecule has 0 aromatic carbocycles. The van der Waals surface area contributed by atoms with Crippen molar-refractivity contribution in [2.45, 2.75) is 6.04 Å². The van der Waals surface area contributed by atoms with Crippen LogP contribution < -0.4 is 5.73 Å². The van der Waals surface area contributed by atoms with Gasteiger partial charge in [0, 0.05) is 12.4 Å². The standard InChI is InChI=1S/C6H10N2O/c7-6(4-9)5-1-2-8-3-5/h1-3,6,8-9H,4,7H2/t6-/m1/s1. The molecule has 3 nitrogen and oxygen atoms in total. The first kappa shape index (κ1) is 6.32. The van der Waals surface area contributed by atoms with Crippen LogP contribution in [-0.2, 0) is 0 Å². The van der Waals surface area contributed by atoms with Crippen molar-refractivity contribution in [3.05, 3.63) is 24.0 Å². The molecular weight excluding hydrogens is 116 g/mol. The lowest BCUT2D eigenvalue weighted by atomic mass is 10.2. The molecule has 1 aromatic rings. The van der Waals surface area contributed by atoms with E-state index in [0.29, 0.717) is 0 Å². The van der Waals surface area contributed by atoms with Crippen molar-refractivity contribution >= 4 is 0 Å². The molecule has 1 heterocycles. The zero-order valence-corrected chi connectivity index (χ0v) is 5.04. The molecule has 0 radical (unpaired) electrons. The van der Waals surface area contributed by atoms with E-state index in [4.69, 9.17) is 10.8 Å². The average molecular weight is 126 g/mol. The van der Waals surface area contributed by atoms with E-state index in [1.54, 1.807) is 12.4 Å². The summed E-state index contributed by atoms with van der Waals surface area (Å²) in [5, 5.41) is 8.57. The highest BCUT2D eigenvalue weighted by Gasteiger charge is 2.01. The quantitative estimate of drug-likeness (QED) is 0.522. The monoisotopic (exact) mass is 126 g/mol. The molecule has 0 spiro atoms. The van der Waals surface area contributed by atoms with E-state index < -0.39 is 0 Å². The number of aromatic nitrogens is 1. The number of aliphatic hydroxyl groups excluding tert-OH is 1. The number of hydrogen-bond acceptors (Lipinski definition) is 2. The molecule has 1 aromatic heterocycles. The predicted octanol–water partition coefficient (Wildman–Crippen LogP) is 0.00680. The second kappa shape index (κ2) is 2.66. The van der Waals surface area contributed by atoms with Crippen LogP contribution in [0.1, 0.15) is 11.6 Å². The molecule has 0 aliphatic heterocycles. The summed E-state index contributed by atoms with van der Waals surface area (Å²) in [7, 11) is 0. The highest BCUT2D eigenvalue weighted by Crippen LogP contribution is 2.05. The normalized spacial score (nSPS) is 13.6. The van der Waals surface area contributed by atoms with Crippen molar-refractivity contribution in [3.8, 4) is 0 Å². The van der Waals surface area contributed by atoms with Crippen LogP contribution in [0.5, 0.6) is 0 Å². The number of rotatable bonds is 2. The number of nitrogens with two attached hydrogens (primary N) is 1. The van der Waals surface area contributed by atoms with E-state index in [0.717, 1.165) is 5.56 Å². The number of aromatic amines is 1. The van der Waals surface area contributed by atoms with E-state index in [1.165, 1.54) is 0 Å². The van der Waals surface area contributed by atoms with Gasteiger partial charge in [0.2, 0.25) is 0 Å². The summed E-state index contributed by atoms with van der Waals surface area (Å²) in [6.45, 7) is -0.00213. The summed E-state index contributed by atoms with van der Waals surface area (Å²) in [6.07, 6.45) is 3.56. The minimum Gasteiger partial charge on any atom is -0.394 e. The molecule has 4 N–H and O–H groups in total. The molecule has 0 saturated heterocycles. The maximum absolute atomic E-state index is 8.57. The first-order valence-corrected chi connectivity index (χ1v) is 2.83. The van der Waals surface area contributed by atoms with Gasteiger partial charge in [0.1, 0.15) is 0 Å². The Morgan fingerprint density at radius 1 is 1.78 bits per heavy atom. The predicted molar refractivity (Wildman–Crippen MR) is 34.8 cm³/mol. The molecule has 0 aliphatic carbocycles. The van der Waals surface area contributed by atoms with Crippen LogP contribution in [0.15, 0.2) is 18.5 Å². The van der Waals surface area contributed by atoms with Crippen molar-refractivity contribution in [3.63, 3.8) is 0 Å². The summed E-state index contributed by atoms with van der Waals surface area (Å²) in [5.74, 6) is 0. The van der Waals surface area contributed by atoms with E-state index in [9.17, 15) is 0 Å². The van der Waals surface area contributed by atoms with Crippen LogP contribution >= 0.6 is 0 Å². The van der Waals surface area contributed by atoms with Gasteiger partial charge in [0.15, 0.2) is 0 Å². The Labute approximate surface area is 53.5 Å². The molecule has 1 rings (SSSR count). The van der Waals surface area contributed by atoms with Gasteiger partial charge in [0.25, 0.3) is 0 Å². The maximum atomic E-state index is 8.57. The van der Waals surface area contributed by atoms with Gasteiger partial charge in [-0.25, -0.2) is 0 Å². The van der Waals surface area contributed by atoms with Crippen LogP contribution in [0, 0.1) is 0 Å². The highest BCUT2D eigenvalue weighted by molar-refractivity contribution is 5.12. The van der Waals surface area contributed by atoms with Crippen molar-refractivity contribution < 1.29 is 5.11 Å². The molecule has 0 unspecified atom stereocenters. The lowest BCUT2D eigenvalue weighted by Gasteiger charge is -2.02. The molecule has 1 atom stereocenters. The molecule has 0 fully saturated rings. The Hall–Kier alpha value is -0.800. The van der Waals surface area contributed by atoms with Crippen LogP contribution in [0.4, 0.5) is 0 Å². The summed E-state index contributed by atoms with van der Waals surface area (Å²) < 4.78 is 0. The third-order valence-corrected chi connectivity index (χ3v) is 1.25. The number of nitrogens with one attached hydrogen (secondary N) is 1. The molecule has 50 valence electrons. The molecule has 0 saturated carbocycles. The maximum Gasteiger partial charge on any atom is 0.0624 e. The number of H-pyrrole nitrogens is 1. The average Bonchev–Trinajstić information content (AvgIpc) is 2.37. The van der Waals surface area contributed by atoms with Gasteiger partial charge in [-0.3, -0.25) is 0 Å². The number of aliphatic hydroxyl groups is 1. The molecule has 0 bridgehead atoms. The molecule has 9 heavy (non-hydrogen) atoms. The summed E-state index contributed by atoms with van der Waals surface area (Å²) in [5.41, 5.74) is 6.41. The minimum atomic E-state index is -0.240. The Morgan fingerprint density at radius 2 is 2.56 bits per heavy atom. The largest absolute Gasteiger partial charge is 0.394 e. The van der Waals surface area contributed by atoms with E-state index in [1.807, 2.05) is 6.07 Å². The first-order chi connectivity index (χ1) is 4.34. The highest BCUT2D eigenvalue weighted by atomic mass is 16.3. The topological polar surface area (TPSA) is 62.0 Å². The Morgan fingerprint density at radius 3 is 3.00 bits per heavy atom. The van der Waals surface area contributed by atoms with Crippen molar-refractivity contribution in [2.24, 2.45) is 5.73 Å². The second-order valence-corrected chi connectivity index (χ2v) is 1.93. The SMILES string of the molecule is N[C@H](CO)c1cc[nH]c1. The van der Waals surface area contributed by atoms with E-state index >= 15 is 0 Å². The van der Waals surface area contributed by atoms with Gasteiger partial charge in [0.05, 0.1) is 12.6 Å². The first-order valence-electron chi connectivity index (χ1n) is 2.83. The summed E-state index contributed by atoms with van der Waals surface area (Å²) >= 11 is 0. The molecule has 0 aliphatic rings. The van der Waals surface area contributed by atoms with Crippen LogP contribution in [0.2, 0.25) is 0 Å². The second-order valence-electron chi connectivity index (χ2n) is 1.93. The van der Waals surface area contributed by atoms with Crippen molar-refractivity contribution in [2.75, 3.05) is 6.61 Å².